The number of hydrogen-bond donors (Lipinski definition) is 1. The van der Waals surface area contributed by atoms with Crippen molar-refractivity contribution in [1.82, 2.24) is 24.6 Å². The van der Waals surface area contributed by atoms with E-state index in [9.17, 15) is 4.79 Å². The third-order valence-corrected chi connectivity index (χ3v) is 4.55. The summed E-state index contributed by atoms with van der Waals surface area (Å²) >= 11 is 0. The first kappa shape index (κ1) is 17.7. The van der Waals surface area contributed by atoms with Crippen molar-refractivity contribution in [2.45, 2.75) is 19.1 Å². The Morgan fingerprint density at radius 3 is 2.64 bits per heavy atom. The largest absolute Gasteiger partial charge is 0.343 e. The molecule has 0 unspecified atom stereocenters. The molecule has 0 saturated carbocycles. The summed E-state index contributed by atoms with van der Waals surface area (Å²) in [6.45, 7) is 1.24. The Balaban J connectivity index is 1.52. The van der Waals surface area contributed by atoms with Crippen molar-refractivity contribution >= 4 is 5.91 Å². The number of benzene rings is 2. The molecule has 2 heterocycles. The molecule has 4 aromatic rings. The average Bonchev–Trinajstić information content (AvgIpc) is 3.43. The van der Waals surface area contributed by atoms with E-state index in [-0.39, 0.29) is 11.9 Å². The van der Waals surface area contributed by atoms with Crippen LogP contribution in [0, 0.1) is 0 Å². The Hall–Kier alpha value is -3.67. The lowest BCUT2D eigenvalue weighted by Gasteiger charge is -2.20. The van der Waals surface area contributed by atoms with Gasteiger partial charge in [-0.2, -0.15) is 5.10 Å². The monoisotopic (exact) mass is 371 g/mol. The van der Waals surface area contributed by atoms with Crippen LogP contribution in [0.2, 0.25) is 0 Å². The molecule has 0 aliphatic carbocycles. The van der Waals surface area contributed by atoms with Crippen LogP contribution in [0.5, 0.6) is 0 Å². The zero-order valence-electron chi connectivity index (χ0n) is 15.3. The summed E-state index contributed by atoms with van der Waals surface area (Å²) in [5, 5.41) is 7.39. The SMILES string of the molecule is O=C(N[C@@H](Cn1ccnc1)c1ccccc1)c1cccc(Cn2cccn2)c1. The molecule has 0 aliphatic rings. The molecule has 2 aromatic carbocycles. The highest BCUT2D eigenvalue weighted by atomic mass is 16.1. The van der Waals surface area contributed by atoms with Gasteiger partial charge in [0.25, 0.3) is 5.91 Å². The van der Waals surface area contributed by atoms with Crippen molar-refractivity contribution in [3.8, 4) is 0 Å². The zero-order valence-corrected chi connectivity index (χ0v) is 15.3. The second kappa shape index (κ2) is 8.35. The van der Waals surface area contributed by atoms with E-state index in [0.717, 1.165) is 11.1 Å². The predicted octanol–water partition coefficient (Wildman–Crippen LogP) is 3.30. The highest BCUT2D eigenvalue weighted by molar-refractivity contribution is 5.94. The molecular formula is C22H21N5O. The topological polar surface area (TPSA) is 64.7 Å². The first-order valence-corrected chi connectivity index (χ1v) is 9.16. The van der Waals surface area contributed by atoms with Crippen molar-refractivity contribution in [3.63, 3.8) is 0 Å². The molecular weight excluding hydrogens is 350 g/mol. The normalized spacial score (nSPS) is 11.9. The van der Waals surface area contributed by atoms with Gasteiger partial charge in [-0.1, -0.05) is 42.5 Å². The Kier molecular flexibility index (Phi) is 5.29. The lowest BCUT2D eigenvalue weighted by Crippen LogP contribution is -2.31. The lowest BCUT2D eigenvalue weighted by atomic mass is 10.1. The number of carbonyl (C=O) groups excluding carboxylic acids is 1. The predicted molar refractivity (Wildman–Crippen MR) is 107 cm³/mol. The van der Waals surface area contributed by atoms with Crippen molar-refractivity contribution in [2.75, 3.05) is 0 Å². The van der Waals surface area contributed by atoms with E-state index >= 15 is 0 Å². The fourth-order valence-electron chi connectivity index (χ4n) is 3.16. The van der Waals surface area contributed by atoms with Gasteiger partial charge in [-0.3, -0.25) is 9.48 Å². The summed E-state index contributed by atoms with van der Waals surface area (Å²) < 4.78 is 3.80. The molecule has 1 amide bonds. The highest BCUT2D eigenvalue weighted by Gasteiger charge is 2.16. The number of nitrogens with zero attached hydrogens (tertiary/aromatic N) is 4. The van der Waals surface area contributed by atoms with Crippen LogP contribution in [0.15, 0.2) is 91.8 Å². The molecule has 0 saturated heterocycles. The van der Waals surface area contributed by atoms with Gasteiger partial charge < -0.3 is 9.88 Å². The van der Waals surface area contributed by atoms with Gasteiger partial charge in [0.1, 0.15) is 0 Å². The summed E-state index contributed by atoms with van der Waals surface area (Å²) in [5.74, 6) is -0.101. The molecule has 2 aromatic heterocycles. The second-order valence-corrected chi connectivity index (χ2v) is 6.60. The van der Waals surface area contributed by atoms with Crippen LogP contribution >= 0.6 is 0 Å². The molecule has 0 fully saturated rings. The maximum absolute atomic E-state index is 13.0. The average molecular weight is 371 g/mol. The fraction of sp³-hybridized carbons (Fsp3) is 0.136. The lowest BCUT2D eigenvalue weighted by molar-refractivity contribution is 0.0932. The van der Waals surface area contributed by atoms with Crippen LogP contribution < -0.4 is 5.32 Å². The van der Waals surface area contributed by atoms with E-state index in [1.807, 2.05) is 82.3 Å². The summed E-state index contributed by atoms with van der Waals surface area (Å²) in [5.41, 5.74) is 2.72. The molecule has 140 valence electrons. The number of imidazole rings is 1. The van der Waals surface area contributed by atoms with Crippen LogP contribution in [0.1, 0.15) is 27.5 Å². The molecule has 6 nitrogen and oxygen atoms in total. The van der Waals surface area contributed by atoms with Crippen LogP contribution in [0.25, 0.3) is 0 Å². The smallest absolute Gasteiger partial charge is 0.251 e. The molecule has 0 aliphatic heterocycles. The van der Waals surface area contributed by atoms with Gasteiger partial charge in [0.15, 0.2) is 0 Å². The third-order valence-electron chi connectivity index (χ3n) is 4.55. The first-order chi connectivity index (χ1) is 13.8. The van der Waals surface area contributed by atoms with Crippen molar-refractivity contribution < 1.29 is 4.79 Å². The van der Waals surface area contributed by atoms with Crippen molar-refractivity contribution in [3.05, 3.63) is 108 Å². The van der Waals surface area contributed by atoms with Gasteiger partial charge in [0.2, 0.25) is 0 Å². The van der Waals surface area contributed by atoms with Crippen LogP contribution in [-0.2, 0) is 13.1 Å². The van der Waals surface area contributed by atoms with Crippen LogP contribution in [-0.4, -0.2) is 25.2 Å². The van der Waals surface area contributed by atoms with Gasteiger partial charge in [-0.15, -0.1) is 0 Å². The Labute approximate surface area is 163 Å². The van der Waals surface area contributed by atoms with Crippen LogP contribution in [0.3, 0.4) is 0 Å². The number of aromatic nitrogens is 4. The molecule has 6 heteroatoms. The second-order valence-electron chi connectivity index (χ2n) is 6.60. The van der Waals surface area contributed by atoms with Crippen molar-refractivity contribution in [1.29, 1.82) is 0 Å². The standard InChI is InChI=1S/C22H21N5O/c28-22(20-9-4-6-18(14-20)15-27-12-5-10-24-27)25-21(16-26-13-11-23-17-26)19-7-2-1-3-8-19/h1-14,17,21H,15-16H2,(H,25,28)/t21-/m0/s1. The van der Waals surface area contributed by atoms with Gasteiger partial charge >= 0.3 is 0 Å². The minimum absolute atomic E-state index is 0.101. The minimum atomic E-state index is -0.155. The van der Waals surface area contributed by atoms with Gasteiger partial charge in [0.05, 0.1) is 18.9 Å². The van der Waals surface area contributed by atoms with Crippen molar-refractivity contribution in [2.24, 2.45) is 0 Å². The van der Waals surface area contributed by atoms with E-state index in [2.05, 4.69) is 15.4 Å². The molecule has 1 atom stereocenters. The Bertz CT molecular complexity index is 1010. The zero-order chi connectivity index (χ0) is 19.2. The van der Waals surface area contributed by atoms with Gasteiger partial charge in [0, 0.05) is 36.9 Å². The Morgan fingerprint density at radius 2 is 1.89 bits per heavy atom. The fourth-order valence-corrected chi connectivity index (χ4v) is 3.16. The molecule has 4 rings (SSSR count). The number of rotatable bonds is 7. The molecule has 1 N–H and O–H groups in total. The number of carbonyl (C=O) groups is 1. The summed E-state index contributed by atoms with van der Waals surface area (Å²) in [6, 6.07) is 19.4. The quantitative estimate of drug-likeness (QED) is 0.542. The summed E-state index contributed by atoms with van der Waals surface area (Å²) in [4.78, 5) is 17.0. The highest BCUT2D eigenvalue weighted by Crippen LogP contribution is 2.16. The van der Waals surface area contributed by atoms with Crippen LogP contribution in [0.4, 0.5) is 0 Å². The minimum Gasteiger partial charge on any atom is -0.343 e. The molecule has 0 spiro atoms. The van der Waals surface area contributed by atoms with Gasteiger partial charge in [-0.25, -0.2) is 4.98 Å². The van der Waals surface area contributed by atoms with E-state index in [1.54, 1.807) is 18.7 Å². The molecule has 28 heavy (non-hydrogen) atoms. The molecule has 0 radical (unpaired) electrons. The Morgan fingerprint density at radius 1 is 1.00 bits per heavy atom. The maximum Gasteiger partial charge on any atom is 0.251 e. The number of hydrogen-bond acceptors (Lipinski definition) is 3. The van der Waals surface area contributed by atoms with E-state index in [4.69, 9.17) is 0 Å². The molecule has 0 bridgehead atoms. The number of nitrogens with one attached hydrogen (secondary N) is 1. The maximum atomic E-state index is 13.0. The van der Waals surface area contributed by atoms with E-state index in [0.29, 0.717) is 18.7 Å². The summed E-state index contributed by atoms with van der Waals surface area (Å²) in [7, 11) is 0. The first-order valence-electron chi connectivity index (χ1n) is 9.16. The third kappa shape index (κ3) is 4.35. The summed E-state index contributed by atoms with van der Waals surface area (Å²) in [6.07, 6.45) is 9.04. The van der Waals surface area contributed by atoms with E-state index < -0.39 is 0 Å². The number of amides is 1. The van der Waals surface area contributed by atoms with E-state index in [1.165, 1.54) is 0 Å². The van der Waals surface area contributed by atoms with Gasteiger partial charge in [-0.05, 0) is 29.3 Å².